The third-order valence-corrected chi connectivity index (χ3v) is 3.96. The first-order chi connectivity index (χ1) is 8.74. The van der Waals surface area contributed by atoms with Crippen molar-refractivity contribution in [1.29, 1.82) is 0 Å². The van der Waals surface area contributed by atoms with Crippen LogP contribution in [0.25, 0.3) is 0 Å². The lowest BCUT2D eigenvalue weighted by atomic mass is 10.2. The maximum absolute atomic E-state index is 5.92. The Balaban J connectivity index is 2.13. The molecule has 0 aliphatic carbocycles. The van der Waals surface area contributed by atoms with Crippen LogP contribution in [0.1, 0.15) is 29.4 Å². The van der Waals surface area contributed by atoms with E-state index in [0.29, 0.717) is 6.54 Å². The average Bonchev–Trinajstić information content (AvgIpc) is 3.01. The highest BCUT2D eigenvalue weighted by Crippen LogP contribution is 2.24. The van der Waals surface area contributed by atoms with Crippen molar-refractivity contribution < 1.29 is 4.42 Å². The largest absolute Gasteiger partial charge is 0.465 e. The normalized spacial score (nSPS) is 13.1. The monoisotopic (exact) mass is 264 g/mol. The zero-order valence-electron chi connectivity index (χ0n) is 10.9. The number of rotatable bonds is 6. The Labute approximate surface area is 112 Å². The summed E-state index contributed by atoms with van der Waals surface area (Å²) < 4.78 is 5.72. The number of nitrogens with zero attached hydrogens (tertiary/aromatic N) is 1. The second kappa shape index (κ2) is 6.18. The fourth-order valence-electron chi connectivity index (χ4n) is 2.12. The molecule has 0 amide bonds. The Bertz CT molecular complexity index is 464. The lowest BCUT2D eigenvalue weighted by Crippen LogP contribution is -2.32. The van der Waals surface area contributed by atoms with Crippen molar-refractivity contribution in [3.05, 3.63) is 46.0 Å². The quantitative estimate of drug-likeness (QED) is 0.871. The van der Waals surface area contributed by atoms with Crippen LogP contribution in [0.4, 0.5) is 0 Å². The molecule has 1 atom stereocenters. The van der Waals surface area contributed by atoms with Crippen LogP contribution < -0.4 is 5.73 Å². The Morgan fingerprint density at radius 1 is 1.39 bits per heavy atom. The summed E-state index contributed by atoms with van der Waals surface area (Å²) >= 11 is 1.78. The van der Waals surface area contributed by atoms with E-state index < -0.39 is 0 Å². The van der Waals surface area contributed by atoms with Gasteiger partial charge in [0.1, 0.15) is 11.5 Å². The lowest BCUT2D eigenvalue weighted by Gasteiger charge is -2.27. The molecule has 0 aliphatic rings. The maximum Gasteiger partial charge on any atom is 0.122 e. The highest BCUT2D eigenvalue weighted by Gasteiger charge is 2.21. The molecular formula is C14H20N2OS. The van der Waals surface area contributed by atoms with Crippen molar-refractivity contribution in [2.24, 2.45) is 5.73 Å². The Hall–Kier alpha value is -1.10. The minimum absolute atomic E-state index is 0.158. The molecule has 0 spiro atoms. The summed E-state index contributed by atoms with van der Waals surface area (Å²) in [5.41, 5.74) is 5.92. The van der Waals surface area contributed by atoms with Gasteiger partial charge in [0, 0.05) is 18.0 Å². The number of hydrogen-bond donors (Lipinski definition) is 1. The van der Waals surface area contributed by atoms with Gasteiger partial charge >= 0.3 is 0 Å². The highest BCUT2D eigenvalue weighted by molar-refractivity contribution is 7.09. The molecule has 0 aliphatic heterocycles. The first kappa shape index (κ1) is 13.3. The van der Waals surface area contributed by atoms with E-state index in [1.165, 1.54) is 4.88 Å². The van der Waals surface area contributed by atoms with E-state index >= 15 is 0 Å². The molecule has 0 fully saturated rings. The van der Waals surface area contributed by atoms with Gasteiger partial charge in [-0.3, -0.25) is 4.90 Å². The average molecular weight is 264 g/mol. The Morgan fingerprint density at radius 3 is 2.72 bits per heavy atom. The number of hydrogen-bond acceptors (Lipinski definition) is 4. The smallest absolute Gasteiger partial charge is 0.122 e. The van der Waals surface area contributed by atoms with Crippen LogP contribution in [0.3, 0.4) is 0 Å². The fraction of sp³-hybridized carbons (Fsp3) is 0.429. The molecule has 0 saturated carbocycles. The van der Waals surface area contributed by atoms with Crippen LogP contribution in [-0.4, -0.2) is 18.0 Å². The summed E-state index contributed by atoms with van der Waals surface area (Å²) in [7, 11) is 0. The first-order valence-corrected chi connectivity index (χ1v) is 7.15. The fourth-order valence-corrected chi connectivity index (χ4v) is 2.85. The number of furan rings is 1. The zero-order chi connectivity index (χ0) is 13.0. The summed E-state index contributed by atoms with van der Waals surface area (Å²) in [5, 5.41) is 2.11. The van der Waals surface area contributed by atoms with Gasteiger partial charge in [0.2, 0.25) is 0 Å². The molecule has 2 aromatic rings. The molecule has 0 saturated heterocycles. The summed E-state index contributed by atoms with van der Waals surface area (Å²) in [4.78, 5) is 3.71. The van der Waals surface area contributed by atoms with E-state index in [1.54, 1.807) is 11.3 Å². The van der Waals surface area contributed by atoms with Crippen LogP contribution >= 0.6 is 11.3 Å². The molecule has 2 rings (SSSR count). The lowest BCUT2D eigenvalue weighted by molar-refractivity contribution is 0.180. The van der Waals surface area contributed by atoms with Gasteiger partial charge < -0.3 is 10.2 Å². The van der Waals surface area contributed by atoms with Gasteiger partial charge in [-0.1, -0.05) is 13.0 Å². The number of aryl methyl sites for hydroxylation is 1. The Morgan fingerprint density at radius 2 is 2.22 bits per heavy atom. The Kier molecular flexibility index (Phi) is 4.58. The van der Waals surface area contributed by atoms with Gasteiger partial charge in [0.25, 0.3) is 0 Å². The van der Waals surface area contributed by atoms with Crippen LogP contribution in [0.15, 0.2) is 34.1 Å². The van der Waals surface area contributed by atoms with Gasteiger partial charge in [-0.15, -0.1) is 11.3 Å². The maximum atomic E-state index is 5.92. The molecule has 2 aromatic heterocycles. The van der Waals surface area contributed by atoms with Crippen LogP contribution in [0.2, 0.25) is 0 Å². The molecule has 1 unspecified atom stereocenters. The summed E-state index contributed by atoms with van der Waals surface area (Å²) in [6, 6.07) is 8.43. The molecular weight excluding hydrogens is 244 g/mol. The van der Waals surface area contributed by atoms with E-state index in [9.17, 15) is 0 Å². The molecule has 0 radical (unpaired) electrons. The number of thiophene rings is 1. The van der Waals surface area contributed by atoms with Gasteiger partial charge in [0.15, 0.2) is 0 Å². The predicted octanol–water partition coefficient (Wildman–Crippen LogP) is 3.17. The predicted molar refractivity (Wildman–Crippen MR) is 75.6 cm³/mol. The van der Waals surface area contributed by atoms with E-state index in [2.05, 4.69) is 29.3 Å². The van der Waals surface area contributed by atoms with Gasteiger partial charge in [-0.2, -0.15) is 0 Å². The van der Waals surface area contributed by atoms with Crippen molar-refractivity contribution in [1.82, 2.24) is 4.90 Å². The summed E-state index contributed by atoms with van der Waals surface area (Å²) in [6.07, 6.45) is 0. The molecule has 18 heavy (non-hydrogen) atoms. The number of likely N-dealkylation sites (N-methyl/N-ethyl adjacent to an activating group) is 1. The van der Waals surface area contributed by atoms with Gasteiger partial charge in [-0.05, 0) is 37.0 Å². The van der Waals surface area contributed by atoms with Crippen molar-refractivity contribution in [2.75, 3.05) is 13.1 Å². The van der Waals surface area contributed by atoms with E-state index in [4.69, 9.17) is 10.2 Å². The van der Waals surface area contributed by atoms with Crippen LogP contribution in [0, 0.1) is 6.92 Å². The summed E-state index contributed by atoms with van der Waals surface area (Å²) in [6.45, 7) is 6.58. The second-order valence-corrected chi connectivity index (χ2v) is 5.37. The third kappa shape index (κ3) is 3.02. The highest BCUT2D eigenvalue weighted by atomic mass is 32.1. The topological polar surface area (TPSA) is 42.4 Å². The first-order valence-electron chi connectivity index (χ1n) is 6.27. The van der Waals surface area contributed by atoms with Gasteiger partial charge in [-0.25, -0.2) is 0 Å². The molecule has 0 aromatic carbocycles. The van der Waals surface area contributed by atoms with Crippen LogP contribution in [0.5, 0.6) is 0 Å². The zero-order valence-corrected chi connectivity index (χ0v) is 11.7. The minimum Gasteiger partial charge on any atom is -0.465 e. The minimum atomic E-state index is 0.158. The van der Waals surface area contributed by atoms with E-state index in [0.717, 1.165) is 24.6 Å². The summed E-state index contributed by atoms with van der Waals surface area (Å²) in [5.74, 6) is 1.91. The van der Waals surface area contributed by atoms with Crippen LogP contribution in [-0.2, 0) is 6.54 Å². The molecule has 3 nitrogen and oxygen atoms in total. The van der Waals surface area contributed by atoms with Gasteiger partial charge in [0.05, 0.1) is 6.04 Å². The standard InChI is InChI=1S/C14H20N2OS/c1-3-16(10-12-5-4-8-18-12)13(9-15)14-7-6-11(2)17-14/h4-8,13H,3,9-10,15H2,1-2H3. The van der Waals surface area contributed by atoms with Crippen molar-refractivity contribution in [3.8, 4) is 0 Å². The molecule has 98 valence electrons. The molecule has 0 bridgehead atoms. The molecule has 2 N–H and O–H groups in total. The SMILES string of the molecule is CCN(Cc1cccs1)C(CN)c1ccc(C)o1. The molecule has 2 heterocycles. The third-order valence-electron chi connectivity index (χ3n) is 3.10. The second-order valence-electron chi connectivity index (χ2n) is 4.34. The van der Waals surface area contributed by atoms with Crippen molar-refractivity contribution in [3.63, 3.8) is 0 Å². The van der Waals surface area contributed by atoms with E-state index in [-0.39, 0.29) is 6.04 Å². The van der Waals surface area contributed by atoms with E-state index in [1.807, 2.05) is 19.1 Å². The number of nitrogens with two attached hydrogens (primary N) is 1. The molecule has 4 heteroatoms. The van der Waals surface area contributed by atoms with Crippen molar-refractivity contribution in [2.45, 2.75) is 26.4 Å². The van der Waals surface area contributed by atoms with Crippen molar-refractivity contribution >= 4 is 11.3 Å².